The minimum Gasteiger partial charge on any atom is -0.507 e. The number of nitrogens with zero attached hydrogens (tertiary/aromatic N) is 2. The summed E-state index contributed by atoms with van der Waals surface area (Å²) in [5.74, 6) is 1.43. The maximum atomic E-state index is 9.88. The van der Waals surface area contributed by atoms with Crippen LogP contribution in [-0.2, 0) is 4.74 Å². The summed E-state index contributed by atoms with van der Waals surface area (Å²) in [5.41, 5.74) is 0.521. The van der Waals surface area contributed by atoms with Crippen LogP contribution in [0.1, 0.15) is 24.8 Å². The van der Waals surface area contributed by atoms with Crippen molar-refractivity contribution in [2.24, 2.45) is 5.92 Å². The second-order valence-electron chi connectivity index (χ2n) is 4.61. The van der Waals surface area contributed by atoms with Crippen LogP contribution in [0.4, 0.5) is 0 Å². The molecule has 1 aliphatic rings. The van der Waals surface area contributed by atoms with E-state index in [4.69, 9.17) is 9.26 Å². The number of rotatable bonds is 4. The normalized spacial score (nSPS) is 16.5. The van der Waals surface area contributed by atoms with E-state index in [0.717, 1.165) is 17.3 Å². The van der Waals surface area contributed by atoms with Crippen LogP contribution < -0.4 is 0 Å². The highest BCUT2D eigenvalue weighted by Crippen LogP contribution is 2.42. The molecule has 6 heteroatoms. The third-order valence-corrected chi connectivity index (χ3v) is 3.68. The van der Waals surface area contributed by atoms with E-state index >= 15 is 0 Å². The first-order valence-corrected chi connectivity index (χ1v) is 6.83. The third kappa shape index (κ3) is 2.50. The second-order valence-corrected chi connectivity index (χ2v) is 5.53. The average molecular weight is 325 g/mol. The first-order valence-electron chi connectivity index (χ1n) is 6.04. The minimum atomic E-state index is -0.116. The van der Waals surface area contributed by atoms with E-state index in [1.165, 1.54) is 0 Å². The van der Waals surface area contributed by atoms with Gasteiger partial charge in [-0.1, -0.05) is 21.1 Å². The van der Waals surface area contributed by atoms with E-state index in [0.29, 0.717) is 23.2 Å². The summed E-state index contributed by atoms with van der Waals surface area (Å²) >= 11 is 3.29. The maximum Gasteiger partial charge on any atom is 0.261 e. The molecule has 1 saturated carbocycles. The largest absolute Gasteiger partial charge is 0.507 e. The number of phenols is 1. The van der Waals surface area contributed by atoms with Crippen LogP contribution in [0, 0.1) is 5.92 Å². The Balaban J connectivity index is 1.91. The summed E-state index contributed by atoms with van der Waals surface area (Å²) in [4.78, 5) is 4.33. The van der Waals surface area contributed by atoms with E-state index in [-0.39, 0.29) is 11.9 Å². The number of methoxy groups -OCH3 is 1. The lowest BCUT2D eigenvalue weighted by molar-refractivity contribution is 0.0751. The summed E-state index contributed by atoms with van der Waals surface area (Å²) in [6.45, 7) is 0. The molecule has 0 amide bonds. The van der Waals surface area contributed by atoms with Crippen molar-refractivity contribution in [2.75, 3.05) is 7.11 Å². The summed E-state index contributed by atoms with van der Waals surface area (Å²) < 4.78 is 11.4. The molecule has 5 nitrogen and oxygen atoms in total. The lowest BCUT2D eigenvalue weighted by atomic mass is 10.2. The molecule has 3 rings (SSSR count). The van der Waals surface area contributed by atoms with Crippen molar-refractivity contribution in [2.45, 2.75) is 18.9 Å². The van der Waals surface area contributed by atoms with Gasteiger partial charge in [-0.25, -0.2) is 0 Å². The molecule has 0 saturated heterocycles. The first-order chi connectivity index (χ1) is 9.19. The van der Waals surface area contributed by atoms with Gasteiger partial charge in [-0.05, 0) is 37.0 Å². The van der Waals surface area contributed by atoms with Gasteiger partial charge in [-0.2, -0.15) is 4.98 Å². The van der Waals surface area contributed by atoms with Crippen molar-refractivity contribution >= 4 is 15.9 Å². The number of hydrogen-bond donors (Lipinski definition) is 1. The zero-order chi connectivity index (χ0) is 13.4. The quantitative estimate of drug-likeness (QED) is 0.934. The highest BCUT2D eigenvalue weighted by Gasteiger charge is 2.35. The van der Waals surface area contributed by atoms with Gasteiger partial charge < -0.3 is 14.4 Å². The Hall–Kier alpha value is -1.40. The molecule has 0 bridgehead atoms. The van der Waals surface area contributed by atoms with Gasteiger partial charge in [0.05, 0.1) is 5.56 Å². The smallest absolute Gasteiger partial charge is 0.261 e. The fourth-order valence-corrected chi connectivity index (χ4v) is 2.40. The van der Waals surface area contributed by atoms with Gasteiger partial charge >= 0.3 is 0 Å². The lowest BCUT2D eigenvalue weighted by Crippen LogP contribution is -2.05. The topological polar surface area (TPSA) is 68.4 Å². The van der Waals surface area contributed by atoms with Crippen molar-refractivity contribution < 1.29 is 14.4 Å². The fourth-order valence-electron chi connectivity index (χ4n) is 2.05. The second kappa shape index (κ2) is 4.94. The predicted octanol–water partition coefficient (Wildman–Crippen LogP) is 3.30. The van der Waals surface area contributed by atoms with Crippen molar-refractivity contribution in [1.82, 2.24) is 10.1 Å². The molecular formula is C13H13BrN2O3. The SMILES string of the molecule is COC(c1noc(-c2ccc(Br)cc2O)n1)C1CC1. The molecule has 1 heterocycles. The van der Waals surface area contributed by atoms with E-state index in [1.807, 2.05) is 6.07 Å². The van der Waals surface area contributed by atoms with Crippen LogP contribution >= 0.6 is 15.9 Å². The predicted molar refractivity (Wildman–Crippen MR) is 71.6 cm³/mol. The molecule has 100 valence electrons. The average Bonchev–Trinajstić information content (AvgIpc) is 3.09. The lowest BCUT2D eigenvalue weighted by Gasteiger charge is -2.08. The highest BCUT2D eigenvalue weighted by molar-refractivity contribution is 9.10. The van der Waals surface area contributed by atoms with E-state index in [2.05, 4.69) is 26.1 Å². The summed E-state index contributed by atoms with van der Waals surface area (Å²) in [6, 6.07) is 5.14. The Morgan fingerprint density at radius 1 is 1.47 bits per heavy atom. The van der Waals surface area contributed by atoms with E-state index in [1.54, 1.807) is 19.2 Å². The summed E-state index contributed by atoms with van der Waals surface area (Å²) in [6.07, 6.45) is 2.15. The summed E-state index contributed by atoms with van der Waals surface area (Å²) in [7, 11) is 1.65. The minimum absolute atomic E-state index is 0.102. The zero-order valence-electron chi connectivity index (χ0n) is 10.3. The zero-order valence-corrected chi connectivity index (χ0v) is 11.9. The Morgan fingerprint density at radius 3 is 2.89 bits per heavy atom. The van der Waals surface area contributed by atoms with Gasteiger partial charge in [0.25, 0.3) is 5.89 Å². The third-order valence-electron chi connectivity index (χ3n) is 3.19. The number of aromatic nitrogens is 2. The number of hydrogen-bond acceptors (Lipinski definition) is 5. The number of ether oxygens (including phenoxy) is 1. The van der Waals surface area contributed by atoms with Gasteiger partial charge in [0.2, 0.25) is 5.82 Å². The molecular weight excluding hydrogens is 312 g/mol. The molecule has 1 N–H and O–H groups in total. The van der Waals surface area contributed by atoms with Crippen LogP contribution in [0.5, 0.6) is 5.75 Å². The Labute approximate surface area is 118 Å². The van der Waals surface area contributed by atoms with E-state index in [9.17, 15) is 5.11 Å². The van der Waals surface area contributed by atoms with Crippen molar-refractivity contribution in [3.8, 4) is 17.2 Å². The molecule has 0 spiro atoms. The fraction of sp³-hybridized carbons (Fsp3) is 0.385. The number of halogens is 1. The van der Waals surface area contributed by atoms with Crippen molar-refractivity contribution in [3.05, 3.63) is 28.5 Å². The highest BCUT2D eigenvalue weighted by atomic mass is 79.9. The van der Waals surface area contributed by atoms with Crippen molar-refractivity contribution in [3.63, 3.8) is 0 Å². The first kappa shape index (κ1) is 12.6. The van der Waals surface area contributed by atoms with Crippen LogP contribution in [0.3, 0.4) is 0 Å². The molecule has 0 aliphatic heterocycles. The molecule has 1 aromatic carbocycles. The standard InChI is InChI=1S/C13H13BrN2O3/c1-18-11(7-2-3-7)12-15-13(19-16-12)9-5-4-8(14)6-10(9)17/h4-7,11,17H,2-3H2,1H3. The van der Waals surface area contributed by atoms with Gasteiger partial charge in [-0.3, -0.25) is 0 Å². The van der Waals surface area contributed by atoms with Gasteiger partial charge in [0, 0.05) is 11.6 Å². The van der Waals surface area contributed by atoms with Gasteiger partial charge in [0.1, 0.15) is 11.9 Å². The number of phenolic OH excluding ortho intramolecular Hbond substituents is 1. The number of aromatic hydroxyl groups is 1. The Bertz CT molecular complexity index is 595. The molecule has 19 heavy (non-hydrogen) atoms. The van der Waals surface area contributed by atoms with E-state index < -0.39 is 0 Å². The van der Waals surface area contributed by atoms with Crippen LogP contribution in [0.15, 0.2) is 27.2 Å². The molecule has 1 fully saturated rings. The van der Waals surface area contributed by atoms with Gasteiger partial charge in [0.15, 0.2) is 0 Å². The Kier molecular flexibility index (Phi) is 3.28. The molecule has 2 aromatic rings. The molecule has 1 unspecified atom stereocenters. The molecule has 1 aliphatic carbocycles. The van der Waals surface area contributed by atoms with Gasteiger partial charge in [-0.15, -0.1) is 0 Å². The van der Waals surface area contributed by atoms with Crippen molar-refractivity contribution in [1.29, 1.82) is 0 Å². The summed E-state index contributed by atoms with van der Waals surface area (Å²) in [5, 5.41) is 13.8. The Morgan fingerprint density at radius 2 is 2.26 bits per heavy atom. The monoisotopic (exact) mass is 324 g/mol. The van der Waals surface area contributed by atoms with Crippen LogP contribution in [-0.4, -0.2) is 22.4 Å². The molecule has 1 atom stereocenters. The maximum absolute atomic E-state index is 9.88. The van der Waals surface area contributed by atoms with Crippen LogP contribution in [0.2, 0.25) is 0 Å². The van der Waals surface area contributed by atoms with Crippen LogP contribution in [0.25, 0.3) is 11.5 Å². The number of benzene rings is 1. The molecule has 1 aromatic heterocycles. The molecule has 0 radical (unpaired) electrons.